The summed E-state index contributed by atoms with van der Waals surface area (Å²) in [6.07, 6.45) is 0.227. The average Bonchev–Trinajstić information content (AvgIpc) is 3.26. The van der Waals surface area contributed by atoms with E-state index < -0.39 is 41.4 Å². The van der Waals surface area contributed by atoms with Crippen molar-refractivity contribution in [2.24, 2.45) is 0 Å². The molecule has 0 saturated carbocycles. The van der Waals surface area contributed by atoms with Crippen molar-refractivity contribution < 1.29 is 28.9 Å². The van der Waals surface area contributed by atoms with Crippen LogP contribution in [0, 0.1) is 0 Å². The summed E-state index contributed by atoms with van der Waals surface area (Å²) in [4.78, 5) is 28.4. The van der Waals surface area contributed by atoms with E-state index in [1.165, 1.54) is 0 Å². The van der Waals surface area contributed by atoms with Gasteiger partial charge in [-0.05, 0) is 65.5 Å². The zero-order chi connectivity index (χ0) is 28.6. The van der Waals surface area contributed by atoms with Gasteiger partial charge in [-0.2, -0.15) is 0 Å². The van der Waals surface area contributed by atoms with Gasteiger partial charge >= 0.3 is 12.1 Å². The lowest BCUT2D eigenvalue weighted by Crippen LogP contribution is -2.66. The number of hydrogen-bond donors (Lipinski definition) is 2. The highest BCUT2D eigenvalue weighted by Gasteiger charge is 2.52. The molecule has 5 atom stereocenters. The van der Waals surface area contributed by atoms with Gasteiger partial charge in [0.25, 0.3) is 0 Å². The number of likely N-dealkylation sites (tertiary alicyclic amines) is 1. The van der Waals surface area contributed by atoms with E-state index in [1.807, 2.05) is 102 Å². The highest BCUT2D eigenvalue weighted by atomic mass is 16.6. The molecule has 1 heterocycles. The Hall–Kier alpha value is -2.94. The summed E-state index contributed by atoms with van der Waals surface area (Å²) in [6, 6.07) is 17.8. The minimum absolute atomic E-state index is 0.129. The SMILES string of the molecule is CC1CCC(CO)(C(C)N[C@H](C(=O)OCc2ccccc2)[C@@H](C)OCc2ccccc2)N1C(=O)OC(C)(C)C. The second kappa shape index (κ2) is 13.4. The lowest BCUT2D eigenvalue weighted by Gasteiger charge is -2.45. The van der Waals surface area contributed by atoms with Crippen molar-refractivity contribution in [1.82, 2.24) is 10.2 Å². The molecule has 0 radical (unpaired) electrons. The smallest absolute Gasteiger partial charge is 0.411 e. The van der Waals surface area contributed by atoms with Crippen LogP contribution in [0.4, 0.5) is 4.79 Å². The Labute approximate surface area is 232 Å². The van der Waals surface area contributed by atoms with E-state index in [0.717, 1.165) is 11.1 Å². The third-order valence-electron chi connectivity index (χ3n) is 7.32. The van der Waals surface area contributed by atoms with Crippen LogP contribution in [-0.2, 0) is 32.2 Å². The summed E-state index contributed by atoms with van der Waals surface area (Å²) in [5.74, 6) is -0.464. The first-order valence-electron chi connectivity index (χ1n) is 13.7. The van der Waals surface area contributed by atoms with Crippen LogP contribution in [0.2, 0.25) is 0 Å². The van der Waals surface area contributed by atoms with Crippen LogP contribution in [0.3, 0.4) is 0 Å². The van der Waals surface area contributed by atoms with Gasteiger partial charge in [-0.1, -0.05) is 60.7 Å². The van der Waals surface area contributed by atoms with Crippen LogP contribution in [0.1, 0.15) is 65.5 Å². The second-order valence-electron chi connectivity index (χ2n) is 11.5. The zero-order valence-electron chi connectivity index (χ0n) is 24.1. The molecule has 1 fully saturated rings. The monoisotopic (exact) mass is 540 g/mol. The van der Waals surface area contributed by atoms with E-state index in [1.54, 1.807) is 4.90 Å². The molecule has 39 heavy (non-hydrogen) atoms. The topological polar surface area (TPSA) is 97.3 Å². The molecule has 0 spiro atoms. The van der Waals surface area contributed by atoms with Crippen LogP contribution in [-0.4, -0.2) is 64.0 Å². The van der Waals surface area contributed by atoms with Gasteiger partial charge in [0.1, 0.15) is 18.2 Å². The van der Waals surface area contributed by atoms with E-state index >= 15 is 0 Å². The Morgan fingerprint density at radius 1 is 1.03 bits per heavy atom. The molecular formula is C31H44N2O6. The van der Waals surface area contributed by atoms with Crippen LogP contribution in [0.5, 0.6) is 0 Å². The molecule has 1 aliphatic heterocycles. The van der Waals surface area contributed by atoms with Gasteiger partial charge in [0.15, 0.2) is 0 Å². The third kappa shape index (κ3) is 8.03. The number of rotatable bonds is 11. The Morgan fingerprint density at radius 3 is 2.13 bits per heavy atom. The maximum absolute atomic E-state index is 13.4. The van der Waals surface area contributed by atoms with Crippen LogP contribution in [0.25, 0.3) is 0 Å². The van der Waals surface area contributed by atoms with Gasteiger partial charge in [-0.25, -0.2) is 4.79 Å². The number of carbonyl (C=O) groups excluding carboxylic acids is 2. The van der Waals surface area contributed by atoms with E-state index in [0.29, 0.717) is 19.4 Å². The number of esters is 1. The molecule has 3 rings (SSSR count). The predicted octanol–water partition coefficient (Wildman–Crippen LogP) is 4.83. The van der Waals surface area contributed by atoms with Crippen LogP contribution in [0.15, 0.2) is 60.7 Å². The molecule has 1 aliphatic rings. The lowest BCUT2D eigenvalue weighted by molar-refractivity contribution is -0.152. The Morgan fingerprint density at radius 2 is 1.59 bits per heavy atom. The van der Waals surface area contributed by atoms with Gasteiger partial charge in [-0.3, -0.25) is 15.0 Å². The summed E-state index contributed by atoms with van der Waals surface area (Å²) < 4.78 is 17.5. The van der Waals surface area contributed by atoms with Crippen molar-refractivity contribution in [3.05, 3.63) is 71.8 Å². The number of ether oxygens (including phenoxy) is 3. The van der Waals surface area contributed by atoms with Gasteiger partial charge in [0.05, 0.1) is 24.9 Å². The maximum Gasteiger partial charge on any atom is 0.411 e. The van der Waals surface area contributed by atoms with Crippen molar-refractivity contribution in [2.75, 3.05) is 6.61 Å². The standard InChI is InChI=1S/C31H44N2O6/c1-22-17-18-31(21-34,33(22)29(36)39-30(4,5)6)24(3)32-27(23(2)37-19-25-13-9-7-10-14-25)28(35)38-20-26-15-11-8-12-16-26/h7-16,22-24,27,32,34H,17-21H2,1-6H3/t22?,23-,24?,27+,31?/m1/s1. The highest BCUT2D eigenvalue weighted by Crippen LogP contribution is 2.38. The molecule has 1 amide bonds. The number of hydrogen-bond acceptors (Lipinski definition) is 7. The molecule has 1 saturated heterocycles. The van der Waals surface area contributed by atoms with Crippen molar-refractivity contribution in [3.8, 4) is 0 Å². The second-order valence-corrected chi connectivity index (χ2v) is 11.5. The average molecular weight is 541 g/mol. The fourth-order valence-electron chi connectivity index (χ4n) is 5.07. The quantitative estimate of drug-likeness (QED) is 0.394. The number of nitrogens with one attached hydrogen (secondary N) is 1. The summed E-state index contributed by atoms with van der Waals surface area (Å²) in [5, 5.41) is 14.1. The van der Waals surface area contributed by atoms with Crippen molar-refractivity contribution in [2.45, 2.75) is 103 Å². The molecule has 0 bridgehead atoms. The fourth-order valence-corrected chi connectivity index (χ4v) is 5.07. The maximum atomic E-state index is 13.4. The first kappa shape index (κ1) is 30.6. The normalized spacial score (nSPS) is 21.7. The molecule has 0 aromatic heterocycles. The first-order chi connectivity index (χ1) is 18.5. The minimum Gasteiger partial charge on any atom is -0.460 e. The van der Waals surface area contributed by atoms with Gasteiger partial charge in [0, 0.05) is 12.1 Å². The highest BCUT2D eigenvalue weighted by molar-refractivity contribution is 5.76. The van der Waals surface area contributed by atoms with E-state index in [2.05, 4.69) is 5.32 Å². The minimum atomic E-state index is -0.959. The number of aliphatic hydroxyl groups is 1. The van der Waals surface area contributed by atoms with E-state index in [4.69, 9.17) is 14.2 Å². The molecule has 2 aromatic rings. The molecule has 2 N–H and O–H groups in total. The third-order valence-corrected chi connectivity index (χ3v) is 7.32. The van der Waals surface area contributed by atoms with Crippen LogP contribution < -0.4 is 5.32 Å². The fraction of sp³-hybridized carbons (Fsp3) is 0.548. The lowest BCUT2D eigenvalue weighted by atomic mass is 9.88. The molecule has 0 aliphatic carbocycles. The Bertz CT molecular complexity index is 1060. The van der Waals surface area contributed by atoms with Crippen molar-refractivity contribution in [3.63, 3.8) is 0 Å². The Balaban J connectivity index is 1.81. The van der Waals surface area contributed by atoms with Gasteiger partial charge < -0.3 is 19.3 Å². The summed E-state index contributed by atoms with van der Waals surface area (Å²) in [5.41, 5.74) is 0.226. The van der Waals surface area contributed by atoms with Crippen molar-refractivity contribution in [1.29, 1.82) is 0 Å². The number of amides is 1. The van der Waals surface area contributed by atoms with Crippen LogP contribution >= 0.6 is 0 Å². The summed E-state index contributed by atoms with van der Waals surface area (Å²) >= 11 is 0. The largest absolute Gasteiger partial charge is 0.460 e. The summed E-state index contributed by atoms with van der Waals surface area (Å²) in [6.45, 7) is 11.3. The molecule has 214 valence electrons. The molecule has 2 aromatic carbocycles. The molecule has 8 heteroatoms. The van der Waals surface area contributed by atoms with Crippen molar-refractivity contribution >= 4 is 12.1 Å². The molecule has 3 unspecified atom stereocenters. The summed E-state index contributed by atoms with van der Waals surface area (Å²) in [7, 11) is 0. The van der Waals surface area contributed by atoms with E-state index in [-0.39, 0.29) is 19.3 Å². The number of nitrogens with zero attached hydrogens (tertiary/aromatic N) is 1. The predicted molar refractivity (Wildman–Crippen MR) is 150 cm³/mol. The number of aliphatic hydroxyl groups excluding tert-OH is 1. The van der Waals surface area contributed by atoms with E-state index in [9.17, 15) is 14.7 Å². The first-order valence-corrected chi connectivity index (χ1v) is 13.7. The number of carbonyl (C=O) groups is 2. The van der Waals surface area contributed by atoms with Gasteiger partial charge in [-0.15, -0.1) is 0 Å². The Kier molecular flexibility index (Phi) is 10.5. The molecular weight excluding hydrogens is 496 g/mol. The van der Waals surface area contributed by atoms with Gasteiger partial charge in [0.2, 0.25) is 0 Å². The zero-order valence-corrected chi connectivity index (χ0v) is 24.1. The molecule has 8 nitrogen and oxygen atoms in total. The number of benzene rings is 2.